The van der Waals surface area contributed by atoms with Gasteiger partial charge in [0, 0.05) is 30.3 Å². The predicted octanol–water partition coefficient (Wildman–Crippen LogP) is 4.33. The minimum Gasteiger partial charge on any atom is -0.370 e. The van der Waals surface area contributed by atoms with Gasteiger partial charge in [-0.3, -0.25) is 0 Å². The molecule has 0 saturated heterocycles. The Hall–Kier alpha value is -1.39. The molecule has 0 saturated carbocycles. The Bertz CT molecular complexity index is 601. The van der Waals surface area contributed by atoms with Crippen LogP contribution in [0.3, 0.4) is 0 Å². The monoisotopic (exact) mass is 350 g/mol. The Morgan fingerprint density at radius 1 is 1.14 bits per heavy atom. The lowest BCUT2D eigenvalue weighted by atomic mass is 10.1. The summed E-state index contributed by atoms with van der Waals surface area (Å²) in [6, 6.07) is 13.3. The van der Waals surface area contributed by atoms with E-state index < -0.39 is 0 Å². The van der Waals surface area contributed by atoms with Crippen molar-refractivity contribution in [1.29, 1.82) is 0 Å². The van der Waals surface area contributed by atoms with Crippen LogP contribution in [0.2, 0.25) is 0 Å². The van der Waals surface area contributed by atoms with Crippen LogP contribution in [0, 0.1) is 5.82 Å². The van der Waals surface area contributed by atoms with E-state index >= 15 is 0 Å². The summed E-state index contributed by atoms with van der Waals surface area (Å²) in [5.74, 6) is -0.193. The molecule has 2 rings (SSSR count). The fourth-order valence-electron chi connectivity index (χ4n) is 2.23. The van der Waals surface area contributed by atoms with Crippen molar-refractivity contribution < 1.29 is 4.39 Å². The van der Waals surface area contributed by atoms with Gasteiger partial charge >= 0.3 is 0 Å². The van der Waals surface area contributed by atoms with Gasteiger partial charge in [0.2, 0.25) is 0 Å². The standard InChI is InChI=1S/C17H20BrFN2/c1-3-20-11-14-8-16(19)10-17(9-14)21(2)12-13-5-4-6-15(18)7-13/h4-10,20H,3,11-12H2,1-2H3. The van der Waals surface area contributed by atoms with Gasteiger partial charge in [0.1, 0.15) is 5.82 Å². The molecule has 2 nitrogen and oxygen atoms in total. The van der Waals surface area contributed by atoms with Crippen LogP contribution in [0.25, 0.3) is 0 Å². The fraction of sp³-hybridized carbons (Fsp3) is 0.294. The first-order valence-corrected chi connectivity index (χ1v) is 7.83. The third-order valence-corrected chi connectivity index (χ3v) is 3.76. The summed E-state index contributed by atoms with van der Waals surface area (Å²) in [5.41, 5.74) is 3.04. The van der Waals surface area contributed by atoms with Gasteiger partial charge in [0.15, 0.2) is 0 Å². The lowest BCUT2D eigenvalue weighted by molar-refractivity contribution is 0.621. The summed E-state index contributed by atoms with van der Waals surface area (Å²) in [5, 5.41) is 3.22. The van der Waals surface area contributed by atoms with Crippen molar-refractivity contribution in [2.75, 3.05) is 18.5 Å². The van der Waals surface area contributed by atoms with E-state index in [0.717, 1.165) is 28.8 Å². The van der Waals surface area contributed by atoms with Crippen molar-refractivity contribution >= 4 is 21.6 Å². The molecule has 0 aliphatic rings. The van der Waals surface area contributed by atoms with E-state index in [-0.39, 0.29) is 5.82 Å². The van der Waals surface area contributed by atoms with Crippen LogP contribution >= 0.6 is 15.9 Å². The maximum atomic E-state index is 13.8. The van der Waals surface area contributed by atoms with E-state index in [1.165, 1.54) is 5.56 Å². The van der Waals surface area contributed by atoms with E-state index in [2.05, 4.69) is 38.3 Å². The third-order valence-electron chi connectivity index (χ3n) is 3.27. The van der Waals surface area contributed by atoms with Gasteiger partial charge in [-0.15, -0.1) is 0 Å². The quantitative estimate of drug-likeness (QED) is 0.833. The van der Waals surface area contributed by atoms with Crippen LogP contribution in [0.1, 0.15) is 18.1 Å². The maximum Gasteiger partial charge on any atom is 0.125 e. The van der Waals surface area contributed by atoms with E-state index in [9.17, 15) is 4.39 Å². The Labute approximate surface area is 134 Å². The first kappa shape index (κ1) is 16.0. The van der Waals surface area contributed by atoms with Gasteiger partial charge in [0.05, 0.1) is 0 Å². The van der Waals surface area contributed by atoms with E-state index in [1.54, 1.807) is 12.1 Å². The fourth-order valence-corrected chi connectivity index (χ4v) is 2.67. The minimum absolute atomic E-state index is 0.193. The summed E-state index contributed by atoms with van der Waals surface area (Å²) in [6.07, 6.45) is 0. The van der Waals surface area contributed by atoms with Gasteiger partial charge in [-0.25, -0.2) is 4.39 Å². The number of hydrogen-bond acceptors (Lipinski definition) is 2. The average Bonchev–Trinajstić information content (AvgIpc) is 2.44. The molecule has 0 spiro atoms. The van der Waals surface area contributed by atoms with Crippen molar-refractivity contribution in [1.82, 2.24) is 5.32 Å². The molecule has 0 aliphatic carbocycles. The highest BCUT2D eigenvalue weighted by Crippen LogP contribution is 2.21. The lowest BCUT2D eigenvalue weighted by Gasteiger charge is -2.20. The minimum atomic E-state index is -0.193. The van der Waals surface area contributed by atoms with Crippen molar-refractivity contribution in [2.24, 2.45) is 0 Å². The second-order valence-electron chi connectivity index (χ2n) is 5.08. The highest BCUT2D eigenvalue weighted by Gasteiger charge is 2.06. The number of hydrogen-bond donors (Lipinski definition) is 1. The van der Waals surface area contributed by atoms with Gasteiger partial charge < -0.3 is 10.2 Å². The van der Waals surface area contributed by atoms with E-state index in [4.69, 9.17) is 0 Å². The second-order valence-corrected chi connectivity index (χ2v) is 6.00. The largest absolute Gasteiger partial charge is 0.370 e. The van der Waals surface area contributed by atoms with Gasteiger partial charge in [-0.05, 0) is 48.0 Å². The molecule has 2 aromatic rings. The SMILES string of the molecule is CCNCc1cc(F)cc(N(C)Cc2cccc(Br)c2)c1. The second kappa shape index (κ2) is 7.57. The van der Waals surface area contributed by atoms with Crippen LogP contribution in [-0.2, 0) is 13.1 Å². The Balaban J connectivity index is 2.14. The first-order valence-electron chi connectivity index (χ1n) is 7.04. The normalized spacial score (nSPS) is 10.7. The molecule has 0 fully saturated rings. The average molecular weight is 351 g/mol. The van der Waals surface area contributed by atoms with Crippen molar-refractivity contribution in [2.45, 2.75) is 20.0 Å². The zero-order valence-electron chi connectivity index (χ0n) is 12.4. The number of halogens is 2. The number of anilines is 1. The summed E-state index contributed by atoms with van der Waals surface area (Å²) in [6.45, 7) is 4.34. The lowest BCUT2D eigenvalue weighted by Crippen LogP contribution is -2.18. The van der Waals surface area contributed by atoms with Gasteiger partial charge in [-0.2, -0.15) is 0 Å². The number of benzene rings is 2. The van der Waals surface area contributed by atoms with E-state index in [1.807, 2.05) is 32.2 Å². The molecule has 112 valence electrons. The molecular weight excluding hydrogens is 331 g/mol. The Kier molecular flexibility index (Phi) is 5.76. The van der Waals surface area contributed by atoms with E-state index in [0.29, 0.717) is 6.54 Å². The van der Waals surface area contributed by atoms with Crippen molar-refractivity contribution in [3.05, 3.63) is 63.9 Å². The molecule has 0 bridgehead atoms. The van der Waals surface area contributed by atoms with Crippen molar-refractivity contribution in [3.8, 4) is 0 Å². The summed E-state index contributed by atoms with van der Waals surface area (Å²) in [7, 11) is 1.98. The molecule has 0 aliphatic heterocycles. The molecule has 0 atom stereocenters. The first-order chi connectivity index (χ1) is 10.1. The molecule has 0 radical (unpaired) electrons. The Morgan fingerprint density at radius 3 is 2.67 bits per heavy atom. The molecule has 0 heterocycles. The number of nitrogens with one attached hydrogen (secondary N) is 1. The van der Waals surface area contributed by atoms with Crippen LogP contribution in [0.15, 0.2) is 46.9 Å². The number of rotatable bonds is 6. The molecule has 2 aromatic carbocycles. The molecule has 0 aromatic heterocycles. The van der Waals surface area contributed by atoms with Crippen LogP contribution in [-0.4, -0.2) is 13.6 Å². The topological polar surface area (TPSA) is 15.3 Å². The zero-order chi connectivity index (χ0) is 15.2. The molecule has 1 N–H and O–H groups in total. The zero-order valence-corrected chi connectivity index (χ0v) is 14.0. The smallest absolute Gasteiger partial charge is 0.125 e. The molecule has 21 heavy (non-hydrogen) atoms. The predicted molar refractivity (Wildman–Crippen MR) is 90.0 cm³/mol. The summed E-state index contributed by atoms with van der Waals surface area (Å²) in [4.78, 5) is 2.06. The molecule has 0 amide bonds. The molecule has 0 unspecified atom stereocenters. The van der Waals surface area contributed by atoms with Crippen LogP contribution < -0.4 is 10.2 Å². The Morgan fingerprint density at radius 2 is 1.95 bits per heavy atom. The third kappa shape index (κ3) is 4.83. The van der Waals surface area contributed by atoms with Gasteiger partial charge in [-0.1, -0.05) is 35.0 Å². The number of nitrogens with zero attached hydrogens (tertiary/aromatic N) is 1. The summed E-state index contributed by atoms with van der Waals surface area (Å²) < 4.78 is 14.8. The highest BCUT2D eigenvalue weighted by atomic mass is 79.9. The van der Waals surface area contributed by atoms with Crippen LogP contribution in [0.5, 0.6) is 0 Å². The van der Waals surface area contributed by atoms with Crippen LogP contribution in [0.4, 0.5) is 10.1 Å². The van der Waals surface area contributed by atoms with Crippen molar-refractivity contribution in [3.63, 3.8) is 0 Å². The molecule has 4 heteroatoms. The van der Waals surface area contributed by atoms with Gasteiger partial charge in [0.25, 0.3) is 0 Å². The maximum absolute atomic E-state index is 13.8. The molecular formula is C17H20BrFN2. The highest BCUT2D eigenvalue weighted by molar-refractivity contribution is 9.10. The summed E-state index contributed by atoms with van der Waals surface area (Å²) >= 11 is 3.47.